The molecule has 0 aromatic carbocycles. The molecule has 0 bridgehead atoms. The first-order chi connectivity index (χ1) is 12.9. The van der Waals surface area contributed by atoms with Crippen LogP contribution in [0, 0.1) is 0 Å². The zero-order chi connectivity index (χ0) is 20.1. The molecule has 148 valence electrons. The molecule has 1 aromatic rings. The van der Waals surface area contributed by atoms with Gasteiger partial charge in [0.25, 0.3) is 0 Å². The second kappa shape index (κ2) is 12.6. The smallest absolute Gasteiger partial charge is 0.339 e. The largest absolute Gasteiger partial charge is 0.462 e. The van der Waals surface area contributed by atoms with Gasteiger partial charge in [-0.3, -0.25) is 9.59 Å². The van der Waals surface area contributed by atoms with Crippen LogP contribution in [0.1, 0.15) is 58.1 Å². The Hall–Kier alpha value is -2.70. The Morgan fingerprint density at radius 2 is 1.96 bits per heavy atom. The van der Waals surface area contributed by atoms with Crippen molar-refractivity contribution in [2.75, 3.05) is 6.61 Å². The second-order valence-corrected chi connectivity index (χ2v) is 5.96. The first-order valence-corrected chi connectivity index (χ1v) is 9.04. The lowest BCUT2D eigenvalue weighted by molar-refractivity contribution is -0.139. The maximum Gasteiger partial charge on any atom is 0.339 e. The van der Waals surface area contributed by atoms with E-state index in [1.807, 2.05) is 6.92 Å². The lowest BCUT2D eigenvalue weighted by Crippen LogP contribution is -2.05. The summed E-state index contributed by atoms with van der Waals surface area (Å²) in [5.41, 5.74) is -0.514. The topological polar surface area (TPSA) is 99.9 Å². The average molecular weight is 378 g/mol. The van der Waals surface area contributed by atoms with Gasteiger partial charge >= 0.3 is 11.6 Å². The number of hydrogen-bond acceptors (Lipinski definition) is 7. The molecule has 0 amide bonds. The number of carbonyl (C=O) groups excluding carboxylic acids is 3. The van der Waals surface area contributed by atoms with Gasteiger partial charge in [0.2, 0.25) is 0 Å². The number of ether oxygens (including phenoxy) is 2. The first kappa shape index (κ1) is 22.3. The Bertz CT molecular complexity index is 715. The van der Waals surface area contributed by atoms with Gasteiger partial charge in [-0.2, -0.15) is 0 Å². The van der Waals surface area contributed by atoms with Crippen LogP contribution in [0.4, 0.5) is 0 Å². The van der Waals surface area contributed by atoms with Crippen LogP contribution in [0.2, 0.25) is 0 Å². The van der Waals surface area contributed by atoms with Crippen LogP contribution in [0.3, 0.4) is 0 Å². The van der Waals surface area contributed by atoms with Crippen LogP contribution < -0.4 is 10.4 Å². The van der Waals surface area contributed by atoms with Gasteiger partial charge in [-0.25, -0.2) is 4.79 Å². The average Bonchev–Trinajstić information content (AvgIpc) is 2.62. The first-order valence-electron chi connectivity index (χ1n) is 9.04. The summed E-state index contributed by atoms with van der Waals surface area (Å²) in [6.07, 6.45) is 5.75. The molecule has 1 aromatic heterocycles. The third kappa shape index (κ3) is 10.1. The summed E-state index contributed by atoms with van der Waals surface area (Å²) in [5, 5.41) is 0. The predicted octanol–water partition coefficient (Wildman–Crippen LogP) is 3.14. The van der Waals surface area contributed by atoms with E-state index in [-0.39, 0.29) is 31.2 Å². The highest BCUT2D eigenvalue weighted by Crippen LogP contribution is 2.17. The minimum Gasteiger partial charge on any atom is -0.462 e. The number of esters is 1. The maximum atomic E-state index is 11.7. The van der Waals surface area contributed by atoms with E-state index >= 15 is 0 Å². The molecule has 0 fully saturated rings. The van der Waals surface area contributed by atoms with Crippen molar-refractivity contribution < 1.29 is 28.3 Å². The molecule has 1 heterocycles. The number of ketones is 1. The van der Waals surface area contributed by atoms with Crippen LogP contribution >= 0.6 is 0 Å². The van der Waals surface area contributed by atoms with Crippen LogP contribution in [0.15, 0.2) is 33.2 Å². The highest BCUT2D eigenvalue weighted by Gasteiger charge is 2.07. The van der Waals surface area contributed by atoms with Crippen molar-refractivity contribution in [2.45, 2.75) is 58.8 Å². The number of carbonyl (C=O) groups is 3. The van der Waals surface area contributed by atoms with Gasteiger partial charge in [0.15, 0.2) is 0 Å². The van der Waals surface area contributed by atoms with Gasteiger partial charge in [-0.1, -0.05) is 6.92 Å². The van der Waals surface area contributed by atoms with Gasteiger partial charge in [-0.15, -0.1) is 0 Å². The summed E-state index contributed by atoms with van der Waals surface area (Å²) in [6.45, 7) is 3.31. The van der Waals surface area contributed by atoms with Gasteiger partial charge in [-0.05, 0) is 18.9 Å². The summed E-state index contributed by atoms with van der Waals surface area (Å²) in [7, 11) is 0. The number of allylic oxidation sites excluding steroid dienone is 1. The minimum absolute atomic E-state index is 0.0612. The third-order valence-electron chi connectivity index (χ3n) is 3.66. The molecular formula is C20H26O7. The molecule has 0 unspecified atom stereocenters. The quantitative estimate of drug-likeness (QED) is 0.225. The molecule has 0 aliphatic rings. The summed E-state index contributed by atoms with van der Waals surface area (Å²) in [6, 6.07) is 2.90. The van der Waals surface area contributed by atoms with Gasteiger partial charge in [0.1, 0.15) is 35.9 Å². The molecular weight excluding hydrogens is 352 g/mol. The van der Waals surface area contributed by atoms with E-state index in [1.165, 1.54) is 13.0 Å². The number of aryl methyl sites for hydroxylation is 1. The maximum absolute atomic E-state index is 11.7. The molecule has 0 aliphatic carbocycles. The molecule has 7 nitrogen and oxygen atoms in total. The molecule has 0 aliphatic heterocycles. The fourth-order valence-electron chi connectivity index (χ4n) is 2.31. The van der Waals surface area contributed by atoms with E-state index in [4.69, 9.17) is 13.9 Å². The van der Waals surface area contributed by atoms with Gasteiger partial charge in [0.05, 0.1) is 6.07 Å². The van der Waals surface area contributed by atoms with E-state index in [1.54, 1.807) is 12.1 Å². The highest BCUT2D eigenvalue weighted by molar-refractivity contribution is 5.80. The standard InChI is InChI=1S/C20H26O7/c1-3-17(10-12-25-15(2)22)26-19-13-18(27-20(24)14-19)9-5-4-7-16(23)8-6-11-21/h10-11,13-14H,3-9,12H2,1-2H3/b17-10-. The summed E-state index contributed by atoms with van der Waals surface area (Å²) >= 11 is 0. The van der Waals surface area contributed by atoms with Crippen molar-refractivity contribution in [3.63, 3.8) is 0 Å². The van der Waals surface area contributed by atoms with Gasteiger partial charge in [0, 0.05) is 45.1 Å². The van der Waals surface area contributed by atoms with Crippen LogP contribution in [-0.4, -0.2) is 24.6 Å². The van der Waals surface area contributed by atoms with Crippen molar-refractivity contribution in [3.8, 4) is 5.75 Å². The van der Waals surface area contributed by atoms with Crippen LogP contribution in [-0.2, 0) is 25.5 Å². The molecule has 0 radical (unpaired) electrons. The van der Waals surface area contributed by atoms with Crippen molar-refractivity contribution in [1.82, 2.24) is 0 Å². The normalized spacial score (nSPS) is 11.1. The lowest BCUT2D eigenvalue weighted by atomic mass is 10.1. The zero-order valence-electron chi connectivity index (χ0n) is 15.8. The van der Waals surface area contributed by atoms with Crippen molar-refractivity contribution in [3.05, 3.63) is 40.1 Å². The van der Waals surface area contributed by atoms with Gasteiger partial charge < -0.3 is 18.7 Å². The Morgan fingerprint density at radius 1 is 1.19 bits per heavy atom. The molecule has 0 saturated carbocycles. The Balaban J connectivity index is 2.58. The highest BCUT2D eigenvalue weighted by atomic mass is 16.5. The Labute approximate surface area is 158 Å². The van der Waals surface area contributed by atoms with Crippen molar-refractivity contribution in [1.29, 1.82) is 0 Å². The minimum atomic E-state index is -0.514. The predicted molar refractivity (Wildman–Crippen MR) is 98.5 cm³/mol. The van der Waals surface area contributed by atoms with E-state index in [2.05, 4.69) is 0 Å². The third-order valence-corrected chi connectivity index (χ3v) is 3.66. The molecule has 0 saturated heterocycles. The number of aldehydes is 1. The second-order valence-electron chi connectivity index (χ2n) is 5.96. The molecule has 0 atom stereocenters. The Morgan fingerprint density at radius 3 is 2.63 bits per heavy atom. The number of hydrogen-bond donors (Lipinski definition) is 0. The number of unbranched alkanes of at least 4 members (excludes halogenated alkanes) is 1. The van der Waals surface area contributed by atoms with E-state index < -0.39 is 5.63 Å². The van der Waals surface area contributed by atoms with Crippen LogP contribution in [0.25, 0.3) is 0 Å². The summed E-state index contributed by atoms with van der Waals surface area (Å²) in [5.74, 6) is 1.10. The Kier molecular flexibility index (Phi) is 10.4. The molecule has 27 heavy (non-hydrogen) atoms. The summed E-state index contributed by atoms with van der Waals surface area (Å²) in [4.78, 5) is 44.3. The fourth-order valence-corrected chi connectivity index (χ4v) is 2.31. The van der Waals surface area contributed by atoms with Crippen LogP contribution in [0.5, 0.6) is 5.75 Å². The molecule has 0 N–H and O–H groups in total. The molecule has 1 rings (SSSR count). The van der Waals surface area contributed by atoms with Crippen molar-refractivity contribution >= 4 is 18.0 Å². The fraction of sp³-hybridized carbons (Fsp3) is 0.500. The monoisotopic (exact) mass is 378 g/mol. The zero-order valence-corrected chi connectivity index (χ0v) is 15.8. The van der Waals surface area contributed by atoms with E-state index in [0.29, 0.717) is 49.4 Å². The van der Waals surface area contributed by atoms with E-state index in [0.717, 1.165) is 6.29 Å². The number of rotatable bonds is 13. The SMILES string of the molecule is CC/C(=C/COC(C)=O)Oc1cc(CCCCC(=O)CCC=O)oc(=O)c1. The van der Waals surface area contributed by atoms with Crippen molar-refractivity contribution in [2.24, 2.45) is 0 Å². The number of Topliss-reactive ketones (excluding diaryl/α,β-unsaturated/α-hetero) is 1. The molecule has 7 heteroatoms. The summed E-state index contributed by atoms with van der Waals surface area (Å²) < 4.78 is 15.7. The van der Waals surface area contributed by atoms with E-state index in [9.17, 15) is 19.2 Å². The lowest BCUT2D eigenvalue weighted by Gasteiger charge is -2.09. The molecule has 0 spiro atoms.